The average molecular weight is 310 g/mol. The Hall–Kier alpha value is -1.09. The molecule has 1 aromatic rings. The molecule has 0 unspecified atom stereocenters. The van der Waals surface area contributed by atoms with E-state index in [-0.39, 0.29) is 11.4 Å². The number of aryl methyl sites for hydroxylation is 1. The van der Waals surface area contributed by atoms with Crippen LogP contribution in [0.2, 0.25) is 0 Å². The molecule has 0 bridgehead atoms. The van der Waals surface area contributed by atoms with Gasteiger partial charge in [-0.15, -0.1) is 6.58 Å². The second-order valence-corrected chi connectivity index (χ2v) is 6.31. The number of carbonyl (C=O) groups is 1. The maximum atomic E-state index is 12.5. The molecule has 0 heterocycles. The van der Waals surface area contributed by atoms with Crippen LogP contribution in [0.5, 0.6) is 0 Å². The Bertz CT molecular complexity index is 440. The minimum atomic E-state index is -0.221. The highest BCUT2D eigenvalue weighted by Gasteiger charge is 2.26. The zero-order valence-corrected chi connectivity index (χ0v) is 13.0. The molecule has 0 aliphatic carbocycles. The van der Waals surface area contributed by atoms with Crippen molar-refractivity contribution in [1.29, 1.82) is 0 Å². The van der Waals surface area contributed by atoms with Crippen molar-refractivity contribution in [1.82, 2.24) is 4.90 Å². The van der Waals surface area contributed by atoms with E-state index in [4.69, 9.17) is 0 Å². The SMILES string of the molecule is C=CCN(C(=O)c1cc(C)cc(Br)c1)C(C)(C)C. The molecule has 1 rings (SSSR count). The predicted octanol–water partition coefficient (Wildman–Crippen LogP) is 4.18. The first-order valence-electron chi connectivity index (χ1n) is 5.96. The first-order chi connectivity index (χ1) is 8.25. The van der Waals surface area contributed by atoms with Gasteiger partial charge in [0.25, 0.3) is 5.91 Å². The molecule has 1 amide bonds. The largest absolute Gasteiger partial charge is 0.330 e. The Labute approximate surface area is 118 Å². The molecule has 0 aliphatic heterocycles. The summed E-state index contributed by atoms with van der Waals surface area (Å²) in [7, 11) is 0. The van der Waals surface area contributed by atoms with Crippen molar-refractivity contribution in [2.24, 2.45) is 0 Å². The van der Waals surface area contributed by atoms with Gasteiger partial charge in [0, 0.05) is 22.1 Å². The number of hydrogen-bond acceptors (Lipinski definition) is 1. The Morgan fingerprint density at radius 2 is 2.00 bits per heavy atom. The molecule has 3 heteroatoms. The van der Waals surface area contributed by atoms with Gasteiger partial charge in [-0.2, -0.15) is 0 Å². The van der Waals surface area contributed by atoms with Gasteiger partial charge in [-0.25, -0.2) is 0 Å². The monoisotopic (exact) mass is 309 g/mol. The fourth-order valence-electron chi connectivity index (χ4n) is 1.81. The summed E-state index contributed by atoms with van der Waals surface area (Å²) in [6.45, 7) is 12.3. The van der Waals surface area contributed by atoms with Gasteiger partial charge < -0.3 is 4.90 Å². The van der Waals surface area contributed by atoms with Gasteiger partial charge in [0.1, 0.15) is 0 Å². The summed E-state index contributed by atoms with van der Waals surface area (Å²) >= 11 is 3.43. The zero-order chi connectivity index (χ0) is 13.9. The minimum absolute atomic E-state index is 0.0341. The van der Waals surface area contributed by atoms with Crippen molar-refractivity contribution in [2.75, 3.05) is 6.54 Å². The summed E-state index contributed by atoms with van der Waals surface area (Å²) in [6, 6.07) is 5.76. The van der Waals surface area contributed by atoms with E-state index in [0.717, 1.165) is 10.0 Å². The highest BCUT2D eigenvalue weighted by Crippen LogP contribution is 2.21. The molecule has 0 saturated carbocycles. The predicted molar refractivity (Wildman–Crippen MR) is 79.9 cm³/mol. The summed E-state index contributed by atoms with van der Waals surface area (Å²) in [5.41, 5.74) is 1.56. The quantitative estimate of drug-likeness (QED) is 0.767. The second-order valence-electron chi connectivity index (χ2n) is 5.39. The standard InChI is InChI=1S/C15H20BrNO/c1-6-7-17(15(3,4)5)14(18)12-8-11(2)9-13(16)10-12/h6,8-10H,1,7H2,2-5H3. The Morgan fingerprint density at radius 1 is 1.39 bits per heavy atom. The Morgan fingerprint density at radius 3 is 2.44 bits per heavy atom. The number of hydrogen-bond donors (Lipinski definition) is 0. The lowest BCUT2D eigenvalue weighted by molar-refractivity contribution is 0.0616. The number of halogens is 1. The van der Waals surface area contributed by atoms with Gasteiger partial charge in [0.2, 0.25) is 0 Å². The van der Waals surface area contributed by atoms with Crippen LogP contribution in [-0.4, -0.2) is 22.9 Å². The van der Waals surface area contributed by atoms with E-state index < -0.39 is 0 Å². The molecule has 0 saturated heterocycles. The number of rotatable bonds is 3. The molecule has 0 fully saturated rings. The smallest absolute Gasteiger partial charge is 0.254 e. The molecule has 0 N–H and O–H groups in total. The van der Waals surface area contributed by atoms with Gasteiger partial charge in [-0.1, -0.05) is 22.0 Å². The highest BCUT2D eigenvalue weighted by atomic mass is 79.9. The fourth-order valence-corrected chi connectivity index (χ4v) is 2.41. The lowest BCUT2D eigenvalue weighted by Crippen LogP contribution is -2.45. The maximum absolute atomic E-state index is 12.5. The molecular weight excluding hydrogens is 290 g/mol. The highest BCUT2D eigenvalue weighted by molar-refractivity contribution is 9.10. The van der Waals surface area contributed by atoms with E-state index in [1.165, 1.54) is 0 Å². The normalized spacial score (nSPS) is 11.2. The summed E-state index contributed by atoms with van der Waals surface area (Å²) in [5, 5.41) is 0. The van der Waals surface area contributed by atoms with Crippen LogP contribution in [0.25, 0.3) is 0 Å². The van der Waals surface area contributed by atoms with Crippen molar-refractivity contribution in [3.8, 4) is 0 Å². The van der Waals surface area contributed by atoms with Crippen LogP contribution in [-0.2, 0) is 0 Å². The average Bonchev–Trinajstić information content (AvgIpc) is 2.22. The molecule has 2 nitrogen and oxygen atoms in total. The van der Waals surface area contributed by atoms with Crippen LogP contribution in [0.4, 0.5) is 0 Å². The lowest BCUT2D eigenvalue weighted by atomic mass is 10.0. The van der Waals surface area contributed by atoms with Crippen molar-refractivity contribution in [3.63, 3.8) is 0 Å². The summed E-state index contributed by atoms with van der Waals surface area (Å²) < 4.78 is 0.929. The van der Waals surface area contributed by atoms with Gasteiger partial charge in [0.15, 0.2) is 0 Å². The first kappa shape index (κ1) is 15.0. The van der Waals surface area contributed by atoms with Crippen molar-refractivity contribution in [3.05, 3.63) is 46.5 Å². The summed E-state index contributed by atoms with van der Waals surface area (Å²) in [5.74, 6) is 0.0341. The number of carbonyl (C=O) groups excluding carboxylic acids is 1. The molecule has 0 atom stereocenters. The first-order valence-corrected chi connectivity index (χ1v) is 6.75. The van der Waals surface area contributed by atoms with Gasteiger partial charge in [-0.05, 0) is 51.5 Å². The third kappa shape index (κ3) is 3.70. The van der Waals surface area contributed by atoms with Crippen LogP contribution in [0.1, 0.15) is 36.7 Å². The van der Waals surface area contributed by atoms with E-state index in [2.05, 4.69) is 22.5 Å². The lowest BCUT2D eigenvalue weighted by Gasteiger charge is -2.35. The van der Waals surface area contributed by atoms with Gasteiger partial charge in [0.05, 0.1) is 0 Å². The topological polar surface area (TPSA) is 20.3 Å². The van der Waals surface area contributed by atoms with Crippen LogP contribution in [0.3, 0.4) is 0 Å². The summed E-state index contributed by atoms with van der Waals surface area (Å²) in [4.78, 5) is 14.4. The number of benzene rings is 1. The van der Waals surface area contributed by atoms with Crippen molar-refractivity contribution in [2.45, 2.75) is 33.2 Å². The molecule has 98 valence electrons. The number of nitrogens with zero attached hydrogens (tertiary/aromatic N) is 1. The maximum Gasteiger partial charge on any atom is 0.254 e. The minimum Gasteiger partial charge on any atom is -0.330 e. The molecule has 18 heavy (non-hydrogen) atoms. The van der Waals surface area contributed by atoms with Crippen LogP contribution < -0.4 is 0 Å². The van der Waals surface area contributed by atoms with E-state index in [1.807, 2.05) is 50.8 Å². The van der Waals surface area contributed by atoms with Gasteiger partial charge >= 0.3 is 0 Å². The molecule has 0 aliphatic rings. The molecular formula is C15H20BrNO. The van der Waals surface area contributed by atoms with Crippen molar-refractivity contribution < 1.29 is 4.79 Å². The summed E-state index contributed by atoms with van der Waals surface area (Å²) in [6.07, 6.45) is 1.76. The molecule has 0 spiro atoms. The Balaban J connectivity index is 3.13. The van der Waals surface area contributed by atoms with E-state index in [0.29, 0.717) is 12.1 Å². The molecule has 0 aromatic heterocycles. The van der Waals surface area contributed by atoms with E-state index in [1.54, 1.807) is 6.08 Å². The number of amides is 1. The molecule has 0 radical (unpaired) electrons. The van der Waals surface area contributed by atoms with E-state index in [9.17, 15) is 4.79 Å². The Kier molecular flexibility index (Phi) is 4.74. The zero-order valence-electron chi connectivity index (χ0n) is 11.5. The van der Waals surface area contributed by atoms with Gasteiger partial charge in [-0.3, -0.25) is 4.79 Å². The molecule has 1 aromatic carbocycles. The fraction of sp³-hybridized carbons (Fsp3) is 0.400. The van der Waals surface area contributed by atoms with Crippen LogP contribution >= 0.6 is 15.9 Å². The second kappa shape index (κ2) is 5.70. The third-order valence-corrected chi connectivity index (χ3v) is 3.11. The van der Waals surface area contributed by atoms with Crippen molar-refractivity contribution >= 4 is 21.8 Å². The third-order valence-electron chi connectivity index (χ3n) is 2.66. The van der Waals surface area contributed by atoms with Crippen LogP contribution in [0, 0.1) is 6.92 Å². The van der Waals surface area contributed by atoms with E-state index >= 15 is 0 Å². The van der Waals surface area contributed by atoms with Crippen LogP contribution in [0.15, 0.2) is 35.3 Å².